The van der Waals surface area contributed by atoms with E-state index in [-0.39, 0.29) is 11.5 Å². The molecule has 1 aromatic rings. The van der Waals surface area contributed by atoms with Crippen LogP contribution < -0.4 is 5.32 Å². The van der Waals surface area contributed by atoms with E-state index in [4.69, 9.17) is 0 Å². The molecule has 1 N–H and O–H groups in total. The Morgan fingerprint density at radius 1 is 1.42 bits per heavy atom. The molecule has 2 rings (SSSR count). The van der Waals surface area contributed by atoms with E-state index in [1.54, 1.807) is 6.20 Å². The van der Waals surface area contributed by atoms with Crippen LogP contribution in [0.2, 0.25) is 0 Å². The fourth-order valence-corrected chi connectivity index (χ4v) is 3.24. The number of hydrogen-bond donors (Lipinski definition) is 1. The number of nitrogens with zero attached hydrogens (tertiary/aromatic N) is 2. The monoisotopic (exact) mass is 325 g/mol. The molecule has 1 aromatic carbocycles. The third-order valence-corrected chi connectivity index (χ3v) is 4.63. The minimum absolute atomic E-state index is 0.175. The molecule has 0 bridgehead atoms. The van der Waals surface area contributed by atoms with Crippen LogP contribution in [0, 0.1) is 11.3 Å². The molecule has 128 valence electrons. The summed E-state index contributed by atoms with van der Waals surface area (Å²) in [6.45, 7) is 7.25. The van der Waals surface area contributed by atoms with Crippen LogP contribution in [0.4, 0.5) is 5.69 Å². The third kappa shape index (κ3) is 4.38. The van der Waals surface area contributed by atoms with E-state index in [1.807, 2.05) is 24.3 Å². The maximum atomic E-state index is 12.6. The Morgan fingerprint density at radius 2 is 2.17 bits per heavy atom. The SMILES string of the molecule is CCC1CCCCN1/C=C(/C#N)C(=O)Nc1ccccc1C(C)C. The third-order valence-electron chi connectivity index (χ3n) is 4.63. The molecule has 1 aliphatic heterocycles. The summed E-state index contributed by atoms with van der Waals surface area (Å²) in [7, 11) is 0. The molecular formula is C20H27N3O. The van der Waals surface area contributed by atoms with Crippen molar-refractivity contribution in [2.75, 3.05) is 11.9 Å². The molecule has 24 heavy (non-hydrogen) atoms. The summed E-state index contributed by atoms with van der Waals surface area (Å²) in [4.78, 5) is 14.7. The lowest BCUT2D eigenvalue weighted by atomic mass is 10.00. The van der Waals surface area contributed by atoms with E-state index in [0.717, 1.165) is 37.1 Å². The van der Waals surface area contributed by atoms with Crippen LogP contribution in [0.1, 0.15) is 57.9 Å². The predicted octanol–water partition coefficient (Wildman–Crippen LogP) is 4.42. The number of carbonyl (C=O) groups is 1. The highest BCUT2D eigenvalue weighted by atomic mass is 16.1. The van der Waals surface area contributed by atoms with Crippen molar-refractivity contribution in [1.29, 1.82) is 5.26 Å². The normalized spacial score (nSPS) is 18.4. The molecule has 1 fully saturated rings. The first kappa shape index (κ1) is 18.1. The number of likely N-dealkylation sites (tertiary alicyclic amines) is 1. The van der Waals surface area contributed by atoms with Gasteiger partial charge >= 0.3 is 0 Å². The van der Waals surface area contributed by atoms with Crippen molar-refractivity contribution in [3.63, 3.8) is 0 Å². The lowest BCUT2D eigenvalue weighted by Gasteiger charge is -2.34. The molecule has 4 nitrogen and oxygen atoms in total. The highest BCUT2D eigenvalue weighted by Crippen LogP contribution is 2.25. The first-order chi connectivity index (χ1) is 11.6. The van der Waals surface area contributed by atoms with Gasteiger partial charge in [0.2, 0.25) is 0 Å². The highest BCUT2D eigenvalue weighted by molar-refractivity contribution is 6.06. The summed E-state index contributed by atoms with van der Waals surface area (Å²) in [6.07, 6.45) is 6.25. The molecule has 1 heterocycles. The summed E-state index contributed by atoms with van der Waals surface area (Å²) in [6, 6.07) is 10.3. The van der Waals surface area contributed by atoms with Crippen molar-refractivity contribution in [3.8, 4) is 6.07 Å². The Hall–Kier alpha value is -2.28. The molecule has 0 aliphatic carbocycles. The van der Waals surface area contributed by atoms with Crippen LogP contribution >= 0.6 is 0 Å². The predicted molar refractivity (Wildman–Crippen MR) is 97.5 cm³/mol. The molecule has 0 saturated carbocycles. The van der Waals surface area contributed by atoms with Gasteiger partial charge in [-0.15, -0.1) is 0 Å². The fourth-order valence-electron chi connectivity index (χ4n) is 3.24. The van der Waals surface area contributed by atoms with Crippen LogP contribution in [0.25, 0.3) is 0 Å². The van der Waals surface area contributed by atoms with E-state index < -0.39 is 0 Å². The molecule has 1 atom stereocenters. The Morgan fingerprint density at radius 3 is 2.83 bits per heavy atom. The minimum Gasteiger partial charge on any atom is -0.373 e. The van der Waals surface area contributed by atoms with Gasteiger partial charge < -0.3 is 10.2 Å². The largest absolute Gasteiger partial charge is 0.373 e. The summed E-state index contributed by atoms with van der Waals surface area (Å²) < 4.78 is 0. The maximum absolute atomic E-state index is 12.6. The number of benzene rings is 1. The number of nitrogens with one attached hydrogen (secondary N) is 1. The van der Waals surface area contributed by atoms with Crippen molar-refractivity contribution in [2.24, 2.45) is 0 Å². The molecule has 0 aromatic heterocycles. The topological polar surface area (TPSA) is 56.1 Å². The van der Waals surface area contributed by atoms with Gasteiger partial charge in [0.25, 0.3) is 5.91 Å². The van der Waals surface area contributed by atoms with Crippen molar-refractivity contribution in [2.45, 2.75) is 58.4 Å². The summed E-state index contributed by atoms with van der Waals surface area (Å²) in [5.41, 5.74) is 2.03. The Labute approximate surface area is 145 Å². The van der Waals surface area contributed by atoms with Gasteiger partial charge in [0.1, 0.15) is 11.6 Å². The fraction of sp³-hybridized carbons (Fsp3) is 0.500. The quantitative estimate of drug-likeness (QED) is 0.644. The zero-order chi connectivity index (χ0) is 17.5. The number of rotatable bonds is 5. The van der Waals surface area contributed by atoms with Gasteiger partial charge in [-0.2, -0.15) is 5.26 Å². The van der Waals surface area contributed by atoms with Crippen molar-refractivity contribution < 1.29 is 4.79 Å². The van der Waals surface area contributed by atoms with Crippen LogP contribution in [0.15, 0.2) is 36.0 Å². The van der Waals surface area contributed by atoms with E-state index in [9.17, 15) is 10.1 Å². The first-order valence-electron chi connectivity index (χ1n) is 8.84. The van der Waals surface area contributed by atoms with Crippen molar-refractivity contribution >= 4 is 11.6 Å². The van der Waals surface area contributed by atoms with Gasteiger partial charge in [-0.3, -0.25) is 4.79 Å². The average Bonchev–Trinajstić information content (AvgIpc) is 2.60. The Bertz CT molecular complexity index is 643. The number of carbonyl (C=O) groups excluding carboxylic acids is 1. The maximum Gasteiger partial charge on any atom is 0.267 e. The molecule has 0 spiro atoms. The average molecular weight is 325 g/mol. The zero-order valence-corrected chi connectivity index (χ0v) is 14.9. The second-order valence-corrected chi connectivity index (χ2v) is 6.65. The standard InChI is InChI=1S/C20H27N3O/c1-4-17-9-7-8-12-23(17)14-16(13-21)20(24)22-19-11-6-5-10-18(19)15(2)3/h5-6,10-11,14-15,17H,4,7-9,12H2,1-3H3,(H,22,24)/b16-14-. The summed E-state index contributed by atoms with van der Waals surface area (Å²) in [5, 5.41) is 12.3. The first-order valence-corrected chi connectivity index (χ1v) is 8.84. The number of para-hydroxylation sites is 1. The van der Waals surface area contributed by atoms with Gasteiger partial charge in [-0.05, 0) is 43.2 Å². The second-order valence-electron chi connectivity index (χ2n) is 6.65. The van der Waals surface area contributed by atoms with Gasteiger partial charge in [0, 0.05) is 24.5 Å². The van der Waals surface area contributed by atoms with Crippen molar-refractivity contribution in [1.82, 2.24) is 4.90 Å². The number of piperidine rings is 1. The second kappa shape index (κ2) is 8.54. The van der Waals surface area contributed by atoms with E-state index in [1.165, 1.54) is 6.42 Å². The smallest absolute Gasteiger partial charge is 0.267 e. The highest BCUT2D eigenvalue weighted by Gasteiger charge is 2.21. The zero-order valence-electron chi connectivity index (χ0n) is 14.9. The van der Waals surface area contributed by atoms with Crippen LogP contribution in [-0.2, 0) is 4.79 Å². The van der Waals surface area contributed by atoms with E-state index >= 15 is 0 Å². The molecule has 4 heteroatoms. The van der Waals surface area contributed by atoms with Gasteiger partial charge in [-0.1, -0.05) is 39.0 Å². The summed E-state index contributed by atoms with van der Waals surface area (Å²) >= 11 is 0. The van der Waals surface area contributed by atoms with Crippen LogP contribution in [0.3, 0.4) is 0 Å². The summed E-state index contributed by atoms with van der Waals surface area (Å²) in [5.74, 6) is -0.0198. The lowest BCUT2D eigenvalue weighted by Crippen LogP contribution is -2.35. The van der Waals surface area contributed by atoms with Crippen LogP contribution in [0.5, 0.6) is 0 Å². The van der Waals surface area contributed by atoms with E-state index in [2.05, 4.69) is 37.1 Å². The number of hydrogen-bond acceptors (Lipinski definition) is 3. The molecule has 1 amide bonds. The molecule has 1 unspecified atom stereocenters. The number of anilines is 1. The number of amides is 1. The minimum atomic E-state index is -0.328. The van der Waals surface area contributed by atoms with Gasteiger partial charge in [0.05, 0.1) is 0 Å². The molecular weight excluding hydrogens is 298 g/mol. The molecule has 1 saturated heterocycles. The molecule has 1 aliphatic rings. The number of nitriles is 1. The van der Waals surface area contributed by atoms with Crippen LogP contribution in [-0.4, -0.2) is 23.4 Å². The van der Waals surface area contributed by atoms with Crippen molar-refractivity contribution in [3.05, 3.63) is 41.6 Å². The Kier molecular flexibility index (Phi) is 6.43. The van der Waals surface area contributed by atoms with Gasteiger partial charge in [0.15, 0.2) is 0 Å². The Balaban J connectivity index is 2.18. The van der Waals surface area contributed by atoms with Gasteiger partial charge in [-0.25, -0.2) is 0 Å². The molecule has 0 radical (unpaired) electrons. The van der Waals surface area contributed by atoms with E-state index in [0.29, 0.717) is 12.0 Å². The lowest BCUT2D eigenvalue weighted by molar-refractivity contribution is -0.112.